The van der Waals surface area contributed by atoms with Crippen LogP contribution in [0.2, 0.25) is 0 Å². The van der Waals surface area contributed by atoms with Crippen molar-refractivity contribution < 1.29 is 14.4 Å². The van der Waals surface area contributed by atoms with Crippen LogP contribution < -0.4 is 5.06 Å². The van der Waals surface area contributed by atoms with E-state index in [4.69, 9.17) is 9.57 Å². The third kappa shape index (κ3) is 5.91. The number of likely N-dealkylation sites (N-methyl/N-ethyl adjacent to an activating group) is 1. The van der Waals surface area contributed by atoms with E-state index in [1.807, 2.05) is 80.6 Å². The van der Waals surface area contributed by atoms with Crippen LogP contribution in [0.5, 0.6) is 0 Å². The minimum absolute atomic E-state index is 0.180. The molecule has 3 aromatic rings. The molecule has 0 aliphatic carbocycles. The number of aryl methyl sites for hydroxylation is 1. The summed E-state index contributed by atoms with van der Waals surface area (Å²) in [4.78, 5) is 20.4. The predicted octanol–water partition coefficient (Wildman–Crippen LogP) is 4.02. The van der Waals surface area contributed by atoms with Crippen LogP contribution in [0.1, 0.15) is 11.1 Å². The number of benzene rings is 2. The number of amides is 1. The molecule has 0 spiro atoms. The highest BCUT2D eigenvalue weighted by atomic mass is 16.7. The van der Waals surface area contributed by atoms with Gasteiger partial charge in [-0.2, -0.15) is 10.2 Å². The Morgan fingerprint density at radius 2 is 1.76 bits per heavy atom. The Hall–Kier alpha value is -3.16. The standard InChI is InChI=1S/C22H26N4O3/c1-17-4-6-18(7-5-17)16-28-22(27)26(29-13-12-25(2)3)21-10-8-19(9-11-21)20-14-23-24-15-20/h4-11,14-15H,12-13,16H2,1-3H3,(H,23,24). The van der Waals surface area contributed by atoms with Gasteiger partial charge < -0.3 is 9.64 Å². The first-order valence-corrected chi connectivity index (χ1v) is 9.42. The average Bonchev–Trinajstić information content (AvgIpc) is 3.25. The van der Waals surface area contributed by atoms with Crippen molar-refractivity contribution in [3.63, 3.8) is 0 Å². The van der Waals surface area contributed by atoms with Crippen molar-refractivity contribution >= 4 is 11.8 Å². The first kappa shape index (κ1) is 20.6. The second kappa shape index (κ2) is 9.86. The molecule has 1 N–H and O–H groups in total. The van der Waals surface area contributed by atoms with Crippen molar-refractivity contribution in [3.8, 4) is 11.1 Å². The van der Waals surface area contributed by atoms with Gasteiger partial charge in [0.2, 0.25) is 0 Å². The minimum Gasteiger partial charge on any atom is -0.443 e. The molecule has 0 aliphatic rings. The number of anilines is 1. The van der Waals surface area contributed by atoms with E-state index in [-0.39, 0.29) is 6.61 Å². The maximum atomic E-state index is 12.7. The highest BCUT2D eigenvalue weighted by Crippen LogP contribution is 2.23. The number of hydrogen-bond acceptors (Lipinski definition) is 5. The molecule has 3 rings (SSSR count). The van der Waals surface area contributed by atoms with Gasteiger partial charge in [0.05, 0.1) is 18.5 Å². The Morgan fingerprint density at radius 1 is 1.03 bits per heavy atom. The van der Waals surface area contributed by atoms with Gasteiger partial charge >= 0.3 is 6.09 Å². The monoisotopic (exact) mass is 394 g/mol. The summed E-state index contributed by atoms with van der Waals surface area (Å²) < 4.78 is 5.48. The summed E-state index contributed by atoms with van der Waals surface area (Å²) in [7, 11) is 3.90. The SMILES string of the molecule is Cc1ccc(COC(=O)N(OCCN(C)C)c2ccc(-c3cn[nH]c3)cc2)cc1. The summed E-state index contributed by atoms with van der Waals surface area (Å²) in [6.45, 7) is 3.23. The molecule has 0 saturated heterocycles. The second-order valence-electron chi connectivity index (χ2n) is 7.00. The summed E-state index contributed by atoms with van der Waals surface area (Å²) in [6, 6.07) is 15.3. The maximum absolute atomic E-state index is 12.7. The molecule has 0 fully saturated rings. The summed E-state index contributed by atoms with van der Waals surface area (Å²) in [5.41, 5.74) is 4.64. The molecule has 0 unspecified atom stereocenters. The van der Waals surface area contributed by atoms with Gasteiger partial charge in [0.15, 0.2) is 0 Å². The Balaban J connectivity index is 1.70. The van der Waals surface area contributed by atoms with Crippen molar-refractivity contribution in [1.82, 2.24) is 15.1 Å². The van der Waals surface area contributed by atoms with E-state index >= 15 is 0 Å². The molecule has 0 bridgehead atoms. The summed E-state index contributed by atoms with van der Waals surface area (Å²) in [5.74, 6) is 0. The zero-order valence-corrected chi connectivity index (χ0v) is 17.0. The van der Waals surface area contributed by atoms with Crippen molar-refractivity contribution in [2.45, 2.75) is 13.5 Å². The lowest BCUT2D eigenvalue weighted by Crippen LogP contribution is -2.34. The van der Waals surface area contributed by atoms with Crippen molar-refractivity contribution in [2.75, 3.05) is 32.3 Å². The molecule has 1 aromatic heterocycles. The Labute approximate surface area is 170 Å². The maximum Gasteiger partial charge on any atom is 0.439 e. The van der Waals surface area contributed by atoms with Gasteiger partial charge in [-0.1, -0.05) is 42.0 Å². The number of carbonyl (C=O) groups excluding carboxylic acids is 1. The number of nitrogens with one attached hydrogen (secondary N) is 1. The zero-order chi connectivity index (χ0) is 20.6. The molecule has 7 heteroatoms. The Morgan fingerprint density at radius 3 is 2.38 bits per heavy atom. The summed E-state index contributed by atoms with van der Waals surface area (Å²) >= 11 is 0. The number of hydroxylamine groups is 1. The van der Waals surface area contributed by atoms with Crippen LogP contribution >= 0.6 is 0 Å². The van der Waals surface area contributed by atoms with Crippen LogP contribution in [0.15, 0.2) is 60.9 Å². The largest absolute Gasteiger partial charge is 0.443 e. The second-order valence-corrected chi connectivity index (χ2v) is 7.00. The lowest BCUT2D eigenvalue weighted by Gasteiger charge is -2.22. The van der Waals surface area contributed by atoms with Crippen LogP contribution in [0.4, 0.5) is 10.5 Å². The molecule has 1 heterocycles. The molecule has 0 aliphatic heterocycles. The van der Waals surface area contributed by atoms with Crippen LogP contribution in [-0.4, -0.2) is 48.4 Å². The summed E-state index contributed by atoms with van der Waals surface area (Å²) in [6.07, 6.45) is 3.01. The number of ether oxygens (including phenoxy) is 1. The number of nitrogens with zero attached hydrogens (tertiary/aromatic N) is 3. The van der Waals surface area contributed by atoms with Crippen molar-refractivity contribution in [2.24, 2.45) is 0 Å². The van der Waals surface area contributed by atoms with E-state index in [2.05, 4.69) is 10.2 Å². The van der Waals surface area contributed by atoms with Gasteiger partial charge in [-0.3, -0.25) is 9.94 Å². The molecular formula is C22H26N4O3. The molecule has 0 saturated carbocycles. The van der Waals surface area contributed by atoms with E-state index in [0.29, 0.717) is 18.8 Å². The first-order valence-electron chi connectivity index (χ1n) is 9.42. The summed E-state index contributed by atoms with van der Waals surface area (Å²) in [5, 5.41) is 7.96. The first-order chi connectivity index (χ1) is 14.0. The third-order valence-electron chi connectivity index (χ3n) is 4.34. The number of aromatic nitrogens is 2. The molecule has 29 heavy (non-hydrogen) atoms. The van der Waals surface area contributed by atoms with E-state index < -0.39 is 6.09 Å². The topological polar surface area (TPSA) is 70.7 Å². The highest BCUT2D eigenvalue weighted by Gasteiger charge is 2.19. The lowest BCUT2D eigenvalue weighted by molar-refractivity contribution is 0.0651. The normalized spacial score (nSPS) is 10.9. The van der Waals surface area contributed by atoms with E-state index in [9.17, 15) is 4.79 Å². The average molecular weight is 394 g/mol. The van der Waals surface area contributed by atoms with Gasteiger partial charge in [-0.15, -0.1) is 0 Å². The van der Waals surface area contributed by atoms with Gasteiger partial charge in [0.25, 0.3) is 0 Å². The zero-order valence-electron chi connectivity index (χ0n) is 17.0. The molecule has 2 aromatic carbocycles. The highest BCUT2D eigenvalue weighted by molar-refractivity contribution is 5.85. The van der Waals surface area contributed by atoms with Gasteiger partial charge in [0, 0.05) is 18.3 Å². The molecule has 1 amide bonds. The van der Waals surface area contributed by atoms with Gasteiger partial charge in [0.1, 0.15) is 6.61 Å². The number of hydrogen-bond donors (Lipinski definition) is 1. The van der Waals surface area contributed by atoms with Crippen LogP contribution in [0, 0.1) is 6.92 Å². The number of carbonyl (C=O) groups is 1. The number of rotatable bonds is 8. The Bertz CT molecular complexity index is 891. The molecule has 152 valence electrons. The fraction of sp³-hybridized carbons (Fsp3) is 0.273. The fourth-order valence-electron chi connectivity index (χ4n) is 2.63. The number of aromatic amines is 1. The Kier molecular flexibility index (Phi) is 6.99. The predicted molar refractivity (Wildman–Crippen MR) is 112 cm³/mol. The van der Waals surface area contributed by atoms with E-state index in [1.165, 1.54) is 5.06 Å². The van der Waals surface area contributed by atoms with Crippen LogP contribution in [0.25, 0.3) is 11.1 Å². The molecular weight excluding hydrogens is 368 g/mol. The third-order valence-corrected chi connectivity index (χ3v) is 4.34. The van der Waals surface area contributed by atoms with Gasteiger partial charge in [-0.05, 0) is 44.3 Å². The van der Waals surface area contributed by atoms with Gasteiger partial charge in [-0.25, -0.2) is 4.79 Å². The fourth-order valence-corrected chi connectivity index (χ4v) is 2.63. The van der Waals surface area contributed by atoms with Crippen LogP contribution in [-0.2, 0) is 16.2 Å². The van der Waals surface area contributed by atoms with Crippen molar-refractivity contribution in [3.05, 3.63) is 72.1 Å². The quantitative estimate of drug-likeness (QED) is 0.584. The molecule has 0 radical (unpaired) electrons. The minimum atomic E-state index is -0.555. The van der Waals surface area contributed by atoms with E-state index in [0.717, 1.165) is 22.3 Å². The van der Waals surface area contributed by atoms with Crippen LogP contribution in [0.3, 0.4) is 0 Å². The molecule has 7 nitrogen and oxygen atoms in total. The number of H-pyrrole nitrogens is 1. The lowest BCUT2D eigenvalue weighted by atomic mass is 10.1. The smallest absolute Gasteiger partial charge is 0.439 e. The molecule has 0 atom stereocenters. The van der Waals surface area contributed by atoms with E-state index in [1.54, 1.807) is 6.20 Å². The van der Waals surface area contributed by atoms with Crippen molar-refractivity contribution in [1.29, 1.82) is 0 Å².